The Morgan fingerprint density at radius 2 is 1.92 bits per heavy atom. The van der Waals surface area contributed by atoms with Crippen LogP contribution in [0.5, 0.6) is 5.75 Å². The highest BCUT2D eigenvalue weighted by Crippen LogP contribution is 2.18. The number of nitrogens with one attached hydrogen (secondary N) is 1. The third kappa shape index (κ3) is 3.57. The second kappa shape index (κ2) is 7.18. The number of aromatic amines is 1. The molecule has 0 bridgehead atoms. The maximum absolute atomic E-state index is 13.1. The number of benzene rings is 2. The van der Waals surface area contributed by atoms with Gasteiger partial charge in [0.25, 0.3) is 0 Å². The van der Waals surface area contributed by atoms with Crippen molar-refractivity contribution in [1.82, 2.24) is 14.9 Å². The Kier molecular flexibility index (Phi) is 4.81. The van der Waals surface area contributed by atoms with E-state index in [9.17, 15) is 4.39 Å². The molecular formula is C17H15FN4OS. The first-order chi connectivity index (χ1) is 11.7. The van der Waals surface area contributed by atoms with Crippen LogP contribution in [-0.4, -0.2) is 27.7 Å². The maximum Gasteiger partial charge on any atom is 0.216 e. The largest absolute Gasteiger partial charge is 0.494 e. The molecule has 3 aromatic rings. The first-order valence-electron chi connectivity index (χ1n) is 7.38. The molecule has 1 aromatic heterocycles. The summed E-state index contributed by atoms with van der Waals surface area (Å²) in [6.07, 6.45) is 1.67. The monoisotopic (exact) mass is 342 g/mol. The second-order valence-corrected chi connectivity index (χ2v) is 5.30. The van der Waals surface area contributed by atoms with Crippen molar-refractivity contribution in [2.24, 2.45) is 5.10 Å². The van der Waals surface area contributed by atoms with Crippen LogP contribution >= 0.6 is 12.2 Å². The highest BCUT2D eigenvalue weighted by atomic mass is 32.1. The molecule has 0 saturated carbocycles. The van der Waals surface area contributed by atoms with Gasteiger partial charge in [-0.25, -0.2) is 9.49 Å². The fourth-order valence-electron chi connectivity index (χ4n) is 2.13. The molecule has 0 spiro atoms. The van der Waals surface area contributed by atoms with Crippen molar-refractivity contribution in [1.29, 1.82) is 0 Å². The zero-order valence-corrected chi connectivity index (χ0v) is 13.8. The van der Waals surface area contributed by atoms with Gasteiger partial charge in [0.15, 0.2) is 5.82 Å². The normalized spacial score (nSPS) is 11.1. The van der Waals surface area contributed by atoms with Crippen LogP contribution in [0, 0.1) is 10.6 Å². The molecule has 7 heteroatoms. The average Bonchev–Trinajstić information content (AvgIpc) is 2.96. The van der Waals surface area contributed by atoms with Crippen molar-refractivity contribution in [3.8, 4) is 17.1 Å². The van der Waals surface area contributed by atoms with Crippen LogP contribution in [-0.2, 0) is 0 Å². The molecule has 2 aromatic carbocycles. The Labute approximate surface area is 143 Å². The summed E-state index contributed by atoms with van der Waals surface area (Å²) in [4.78, 5) is 0. The average molecular weight is 342 g/mol. The molecule has 1 heterocycles. The summed E-state index contributed by atoms with van der Waals surface area (Å²) in [5.74, 6) is 1.01. The van der Waals surface area contributed by atoms with E-state index in [0.29, 0.717) is 22.8 Å². The molecule has 0 radical (unpaired) electrons. The highest BCUT2D eigenvalue weighted by molar-refractivity contribution is 7.71. The van der Waals surface area contributed by atoms with E-state index < -0.39 is 0 Å². The predicted octanol–water partition coefficient (Wildman–Crippen LogP) is 4.03. The van der Waals surface area contributed by atoms with Gasteiger partial charge >= 0.3 is 0 Å². The molecule has 0 aliphatic rings. The molecule has 122 valence electrons. The quantitative estimate of drug-likeness (QED) is 0.563. The van der Waals surface area contributed by atoms with Crippen molar-refractivity contribution in [3.63, 3.8) is 0 Å². The van der Waals surface area contributed by atoms with Gasteiger partial charge in [0, 0.05) is 5.56 Å². The van der Waals surface area contributed by atoms with Gasteiger partial charge in [-0.05, 0) is 73.2 Å². The number of hydrogen-bond donors (Lipinski definition) is 1. The highest BCUT2D eigenvalue weighted by Gasteiger charge is 2.08. The van der Waals surface area contributed by atoms with Crippen molar-refractivity contribution >= 4 is 18.4 Å². The number of halogens is 1. The molecule has 0 unspecified atom stereocenters. The minimum absolute atomic E-state index is 0.308. The molecule has 0 fully saturated rings. The molecule has 0 aliphatic heterocycles. The number of rotatable bonds is 5. The fraction of sp³-hybridized carbons (Fsp3) is 0.118. The molecule has 3 rings (SSSR count). The van der Waals surface area contributed by atoms with Crippen LogP contribution in [0.3, 0.4) is 0 Å². The third-order valence-electron chi connectivity index (χ3n) is 3.27. The minimum Gasteiger partial charge on any atom is -0.494 e. The molecule has 0 aliphatic carbocycles. The van der Waals surface area contributed by atoms with Gasteiger partial charge in [0.05, 0.1) is 12.8 Å². The summed E-state index contributed by atoms with van der Waals surface area (Å²) < 4.78 is 20.3. The number of H-pyrrole nitrogens is 1. The molecule has 5 nitrogen and oxygen atoms in total. The third-order valence-corrected chi connectivity index (χ3v) is 3.53. The molecule has 24 heavy (non-hydrogen) atoms. The van der Waals surface area contributed by atoms with Crippen LogP contribution in [0.4, 0.5) is 4.39 Å². The van der Waals surface area contributed by atoms with E-state index in [1.807, 2.05) is 31.2 Å². The summed E-state index contributed by atoms with van der Waals surface area (Å²) in [5.41, 5.74) is 1.61. The second-order valence-electron chi connectivity index (χ2n) is 4.92. The summed E-state index contributed by atoms with van der Waals surface area (Å²) in [5, 5.41) is 11.2. The van der Waals surface area contributed by atoms with Gasteiger partial charge in [0.2, 0.25) is 4.77 Å². The lowest BCUT2D eigenvalue weighted by atomic mass is 10.2. The number of hydrogen-bond acceptors (Lipinski definition) is 4. The van der Waals surface area contributed by atoms with Gasteiger partial charge in [-0.1, -0.05) is 0 Å². The summed E-state index contributed by atoms with van der Waals surface area (Å²) >= 11 is 5.21. The lowest BCUT2D eigenvalue weighted by Crippen LogP contribution is -1.95. The van der Waals surface area contributed by atoms with E-state index >= 15 is 0 Å². The van der Waals surface area contributed by atoms with Crippen molar-refractivity contribution < 1.29 is 9.13 Å². The minimum atomic E-state index is -0.308. The van der Waals surface area contributed by atoms with Gasteiger partial charge < -0.3 is 4.74 Å². The molecular weight excluding hydrogens is 327 g/mol. The Morgan fingerprint density at radius 3 is 2.58 bits per heavy atom. The van der Waals surface area contributed by atoms with Crippen LogP contribution in [0.15, 0.2) is 53.6 Å². The summed E-state index contributed by atoms with van der Waals surface area (Å²) in [7, 11) is 0. The molecule has 0 atom stereocenters. The Balaban J connectivity index is 1.88. The van der Waals surface area contributed by atoms with Gasteiger partial charge in [-0.3, -0.25) is 0 Å². The first-order valence-corrected chi connectivity index (χ1v) is 7.79. The Bertz CT molecular complexity index is 898. The van der Waals surface area contributed by atoms with Crippen molar-refractivity contribution in [2.45, 2.75) is 6.92 Å². The van der Waals surface area contributed by atoms with Crippen molar-refractivity contribution in [2.75, 3.05) is 6.61 Å². The first kappa shape index (κ1) is 16.1. The Morgan fingerprint density at radius 1 is 1.21 bits per heavy atom. The standard InChI is InChI=1S/C17H15FN4OS/c1-2-23-15-9-3-12(4-10-15)11-19-22-16(20-21-17(22)24)13-5-7-14(18)8-6-13/h3-11H,2H2,1H3,(H,21,24)/b19-11-. The summed E-state index contributed by atoms with van der Waals surface area (Å²) in [6.45, 7) is 2.56. The lowest BCUT2D eigenvalue weighted by molar-refractivity contribution is 0.340. The number of ether oxygens (including phenoxy) is 1. The molecule has 1 N–H and O–H groups in total. The smallest absolute Gasteiger partial charge is 0.216 e. The van der Waals surface area contributed by atoms with E-state index in [2.05, 4.69) is 15.3 Å². The predicted molar refractivity (Wildman–Crippen MR) is 93.4 cm³/mol. The topological polar surface area (TPSA) is 55.2 Å². The van der Waals surface area contributed by atoms with Crippen LogP contribution in [0.25, 0.3) is 11.4 Å². The maximum atomic E-state index is 13.1. The van der Waals surface area contributed by atoms with E-state index in [1.165, 1.54) is 16.8 Å². The van der Waals surface area contributed by atoms with E-state index in [1.54, 1.807) is 18.3 Å². The number of aromatic nitrogens is 3. The summed E-state index contributed by atoms with van der Waals surface area (Å²) in [6, 6.07) is 13.5. The number of nitrogens with zero attached hydrogens (tertiary/aromatic N) is 3. The van der Waals surface area contributed by atoms with Crippen molar-refractivity contribution in [3.05, 3.63) is 64.7 Å². The van der Waals surface area contributed by atoms with E-state index in [4.69, 9.17) is 17.0 Å². The van der Waals surface area contributed by atoms with Gasteiger partial charge in [0.1, 0.15) is 11.6 Å². The van der Waals surface area contributed by atoms with E-state index in [-0.39, 0.29) is 5.82 Å². The van der Waals surface area contributed by atoms with Gasteiger partial charge in [-0.15, -0.1) is 0 Å². The van der Waals surface area contributed by atoms with Crippen LogP contribution < -0.4 is 4.74 Å². The fourth-order valence-corrected chi connectivity index (χ4v) is 2.31. The zero-order chi connectivity index (χ0) is 16.9. The van der Waals surface area contributed by atoms with Gasteiger partial charge in [-0.2, -0.15) is 14.9 Å². The lowest BCUT2D eigenvalue weighted by Gasteiger charge is -2.03. The molecule has 0 amide bonds. The van der Waals surface area contributed by atoms with E-state index in [0.717, 1.165) is 11.3 Å². The SMILES string of the molecule is CCOc1ccc(/C=N\n2c(-c3ccc(F)cc3)n[nH]c2=S)cc1. The Hall–Kier alpha value is -2.80. The zero-order valence-electron chi connectivity index (χ0n) is 12.9. The van der Waals surface area contributed by atoms with Crippen LogP contribution in [0.2, 0.25) is 0 Å². The van der Waals surface area contributed by atoms with Crippen LogP contribution in [0.1, 0.15) is 12.5 Å². The molecule has 0 saturated heterocycles.